The average molecular weight is 539 g/mol. The summed E-state index contributed by atoms with van der Waals surface area (Å²) in [6.45, 7) is 0.324. The van der Waals surface area contributed by atoms with E-state index in [4.69, 9.17) is 22.3 Å². The number of nitrogens with two attached hydrogens (primary N) is 3. The van der Waals surface area contributed by atoms with Crippen molar-refractivity contribution in [2.24, 2.45) is 17.2 Å². The Morgan fingerprint density at radius 1 is 0.789 bits per heavy atom. The molecule has 0 saturated heterocycles. The van der Waals surface area contributed by atoms with Gasteiger partial charge in [-0.05, 0) is 43.5 Å². The Hall–Kier alpha value is -4.24. The maximum absolute atomic E-state index is 13.1. The van der Waals surface area contributed by atoms with Crippen LogP contribution in [0.1, 0.15) is 37.7 Å². The predicted molar refractivity (Wildman–Crippen MR) is 132 cm³/mol. The second-order valence-electron chi connectivity index (χ2n) is 8.55. The van der Waals surface area contributed by atoms with E-state index in [0.29, 0.717) is 24.9 Å². The van der Waals surface area contributed by atoms with E-state index in [1.807, 2.05) is 0 Å². The van der Waals surface area contributed by atoms with Gasteiger partial charge >= 0.3 is 11.9 Å². The number of primary amides is 1. The average Bonchev–Trinajstić information content (AvgIpc) is 2.82. The van der Waals surface area contributed by atoms with Crippen LogP contribution < -0.4 is 33.2 Å². The maximum atomic E-state index is 13.1. The fourth-order valence-corrected chi connectivity index (χ4v) is 3.34. The summed E-state index contributed by atoms with van der Waals surface area (Å²) in [5.41, 5.74) is 16.7. The second kappa shape index (κ2) is 15.8. The highest BCUT2D eigenvalue weighted by molar-refractivity contribution is 5.96. The van der Waals surface area contributed by atoms with Gasteiger partial charge in [0.25, 0.3) is 0 Å². The summed E-state index contributed by atoms with van der Waals surface area (Å²) in [6, 6.07) is -0.181. The minimum absolute atomic E-state index is 0.0521. The summed E-state index contributed by atoms with van der Waals surface area (Å²) in [5.74, 6) is -6.61. The zero-order chi connectivity index (χ0) is 28.8. The number of aliphatic carboxylic acids is 2. The first-order valence-electron chi connectivity index (χ1n) is 11.7. The Morgan fingerprint density at radius 2 is 1.34 bits per heavy atom. The molecule has 1 aromatic carbocycles. The van der Waals surface area contributed by atoms with Crippen LogP contribution in [0.4, 0.5) is 0 Å². The van der Waals surface area contributed by atoms with Crippen molar-refractivity contribution >= 4 is 35.6 Å². The normalized spacial score (nSPS) is 13.8. The quantitative estimate of drug-likeness (QED) is 0.0918. The third-order valence-electron chi connectivity index (χ3n) is 5.34. The molecule has 0 spiro atoms. The van der Waals surface area contributed by atoms with Gasteiger partial charge in [0, 0.05) is 6.42 Å². The summed E-state index contributed by atoms with van der Waals surface area (Å²) in [6.07, 6.45) is -0.588. The third kappa shape index (κ3) is 11.7. The van der Waals surface area contributed by atoms with E-state index < -0.39 is 72.6 Å². The molecule has 4 unspecified atom stereocenters. The highest BCUT2D eigenvalue weighted by atomic mass is 16.4. The van der Waals surface area contributed by atoms with Gasteiger partial charge in [0.1, 0.15) is 23.9 Å². The van der Waals surface area contributed by atoms with Gasteiger partial charge in [-0.25, -0.2) is 4.79 Å². The maximum Gasteiger partial charge on any atom is 0.326 e. The second-order valence-corrected chi connectivity index (χ2v) is 8.55. The van der Waals surface area contributed by atoms with Crippen LogP contribution in [0.15, 0.2) is 24.3 Å². The van der Waals surface area contributed by atoms with Gasteiger partial charge < -0.3 is 48.5 Å². The number of carbonyl (C=O) groups excluding carboxylic acids is 4. The number of benzene rings is 1. The number of carboxylic acids is 2. The lowest BCUT2D eigenvalue weighted by Crippen LogP contribution is -2.58. The fourth-order valence-electron chi connectivity index (χ4n) is 3.34. The molecule has 0 aliphatic carbocycles. The standard InChI is InChI=1S/C23H34N6O9/c24-8-2-1-3-15(23(37)38)27-22(36)17(11-18(26)31)29-21(35)16(9-12-4-6-13(30)7-5-12)28-20(34)14(25)10-19(32)33/h4-7,14-17,30H,1-3,8-11,24-25H2,(H2,26,31)(H,27,36)(H,28,34)(H,29,35)(H,32,33)(H,37,38). The number of nitrogens with one attached hydrogen (secondary N) is 3. The third-order valence-corrected chi connectivity index (χ3v) is 5.34. The molecule has 4 amide bonds. The lowest BCUT2D eigenvalue weighted by atomic mass is 10.0. The molecular weight excluding hydrogens is 504 g/mol. The number of carbonyl (C=O) groups is 6. The van der Waals surface area contributed by atoms with Crippen LogP contribution in [0.3, 0.4) is 0 Å². The molecule has 0 bridgehead atoms. The van der Waals surface area contributed by atoms with Crippen molar-refractivity contribution in [3.8, 4) is 5.75 Å². The number of hydrogen-bond donors (Lipinski definition) is 9. The van der Waals surface area contributed by atoms with Gasteiger partial charge in [-0.3, -0.25) is 24.0 Å². The summed E-state index contributed by atoms with van der Waals surface area (Å²) >= 11 is 0. The predicted octanol–water partition coefficient (Wildman–Crippen LogP) is -2.72. The molecule has 15 nitrogen and oxygen atoms in total. The van der Waals surface area contributed by atoms with Gasteiger partial charge in [0.05, 0.1) is 18.9 Å². The molecular formula is C23H34N6O9. The Balaban J connectivity index is 3.12. The van der Waals surface area contributed by atoms with Gasteiger partial charge in [-0.15, -0.1) is 0 Å². The molecule has 12 N–H and O–H groups in total. The van der Waals surface area contributed by atoms with Crippen molar-refractivity contribution in [3.05, 3.63) is 29.8 Å². The molecule has 0 radical (unpaired) electrons. The summed E-state index contributed by atoms with van der Waals surface area (Å²) < 4.78 is 0. The highest BCUT2D eigenvalue weighted by Crippen LogP contribution is 2.12. The fraction of sp³-hybridized carbons (Fsp3) is 0.478. The minimum Gasteiger partial charge on any atom is -0.508 e. The van der Waals surface area contributed by atoms with Crippen LogP contribution in [-0.2, 0) is 35.2 Å². The molecule has 210 valence electrons. The molecule has 0 aliphatic rings. The first kappa shape index (κ1) is 31.8. The van der Waals surface area contributed by atoms with E-state index in [1.165, 1.54) is 24.3 Å². The van der Waals surface area contributed by atoms with Gasteiger partial charge in [-0.1, -0.05) is 12.1 Å². The van der Waals surface area contributed by atoms with E-state index in [2.05, 4.69) is 16.0 Å². The van der Waals surface area contributed by atoms with Crippen molar-refractivity contribution in [1.82, 2.24) is 16.0 Å². The summed E-state index contributed by atoms with van der Waals surface area (Å²) in [7, 11) is 0. The summed E-state index contributed by atoms with van der Waals surface area (Å²) in [5, 5.41) is 34.6. The zero-order valence-corrected chi connectivity index (χ0v) is 20.6. The SMILES string of the molecule is NCCCCC(NC(=O)C(CC(N)=O)NC(=O)C(Cc1ccc(O)cc1)NC(=O)C(N)CC(=O)O)C(=O)O. The first-order chi connectivity index (χ1) is 17.8. The van der Waals surface area contributed by atoms with Gasteiger partial charge in [0.15, 0.2) is 0 Å². The van der Waals surface area contributed by atoms with Crippen LogP contribution >= 0.6 is 0 Å². The number of hydrogen-bond acceptors (Lipinski definition) is 9. The van der Waals surface area contributed by atoms with Crippen molar-refractivity contribution < 1.29 is 44.1 Å². The van der Waals surface area contributed by atoms with Gasteiger partial charge in [-0.2, -0.15) is 0 Å². The molecule has 38 heavy (non-hydrogen) atoms. The number of phenols is 1. The molecule has 4 atom stereocenters. The molecule has 0 fully saturated rings. The molecule has 0 aliphatic heterocycles. The molecule has 1 rings (SSSR count). The lowest BCUT2D eigenvalue weighted by molar-refractivity contribution is -0.142. The number of unbranched alkanes of at least 4 members (excludes halogenated alkanes) is 1. The van der Waals surface area contributed by atoms with E-state index in [1.54, 1.807) is 0 Å². The number of amides is 4. The van der Waals surface area contributed by atoms with Crippen LogP contribution in [0.25, 0.3) is 0 Å². The highest BCUT2D eigenvalue weighted by Gasteiger charge is 2.31. The molecule has 0 saturated carbocycles. The minimum atomic E-state index is -1.58. The van der Waals surface area contributed by atoms with E-state index in [0.717, 1.165) is 0 Å². The molecule has 1 aromatic rings. The van der Waals surface area contributed by atoms with Crippen molar-refractivity contribution in [3.63, 3.8) is 0 Å². The van der Waals surface area contributed by atoms with Gasteiger partial charge in [0.2, 0.25) is 23.6 Å². The zero-order valence-electron chi connectivity index (χ0n) is 20.6. The van der Waals surface area contributed by atoms with Crippen molar-refractivity contribution in [2.75, 3.05) is 6.54 Å². The number of carboxylic acid groups (broad SMARTS) is 2. The monoisotopic (exact) mass is 538 g/mol. The van der Waals surface area contributed by atoms with E-state index in [9.17, 15) is 39.0 Å². The first-order valence-corrected chi connectivity index (χ1v) is 11.7. The molecule has 15 heteroatoms. The summed E-state index contributed by atoms with van der Waals surface area (Å²) in [4.78, 5) is 72.4. The Bertz CT molecular complexity index is 1000. The smallest absolute Gasteiger partial charge is 0.326 e. The van der Waals surface area contributed by atoms with Crippen molar-refractivity contribution in [2.45, 2.75) is 62.7 Å². The topological polar surface area (TPSA) is 277 Å². The van der Waals surface area contributed by atoms with Crippen LogP contribution in [-0.4, -0.2) is 81.6 Å². The number of phenolic OH excluding ortho intramolecular Hbond substituents is 1. The van der Waals surface area contributed by atoms with Crippen LogP contribution in [0, 0.1) is 0 Å². The van der Waals surface area contributed by atoms with E-state index >= 15 is 0 Å². The Labute approximate surface area is 218 Å². The lowest BCUT2D eigenvalue weighted by Gasteiger charge is -2.25. The van der Waals surface area contributed by atoms with Crippen LogP contribution in [0.2, 0.25) is 0 Å². The van der Waals surface area contributed by atoms with Crippen LogP contribution in [0.5, 0.6) is 5.75 Å². The molecule has 0 heterocycles. The number of rotatable bonds is 17. The van der Waals surface area contributed by atoms with Crippen molar-refractivity contribution in [1.29, 1.82) is 0 Å². The number of aromatic hydroxyl groups is 1. The largest absolute Gasteiger partial charge is 0.508 e. The van der Waals surface area contributed by atoms with E-state index in [-0.39, 0.29) is 18.6 Å². The Kier molecular flexibility index (Phi) is 13.2. The molecule has 0 aromatic heterocycles. The Morgan fingerprint density at radius 3 is 1.87 bits per heavy atom.